The van der Waals surface area contributed by atoms with Crippen LogP contribution in [0.2, 0.25) is 5.02 Å². The molecule has 1 saturated heterocycles. The van der Waals surface area contributed by atoms with Gasteiger partial charge in [-0.3, -0.25) is 9.58 Å². The molecule has 1 aliphatic heterocycles. The fourth-order valence-electron chi connectivity index (χ4n) is 3.13. The number of imidazole rings is 1. The summed E-state index contributed by atoms with van der Waals surface area (Å²) in [6, 6.07) is 5.83. The maximum absolute atomic E-state index is 6.07. The van der Waals surface area contributed by atoms with Crippen LogP contribution in [0, 0.1) is 0 Å². The molecule has 0 spiro atoms. The number of nitrogens with zero attached hydrogens (tertiary/aromatic N) is 6. The van der Waals surface area contributed by atoms with Gasteiger partial charge in [-0.2, -0.15) is 5.10 Å². The van der Waals surface area contributed by atoms with Crippen molar-refractivity contribution in [3.8, 4) is 0 Å². The molecular weight excluding hydrogens is 328 g/mol. The zero-order chi connectivity index (χ0) is 16.5. The van der Waals surface area contributed by atoms with Gasteiger partial charge in [0.05, 0.1) is 36.8 Å². The third kappa shape index (κ3) is 3.15. The smallest absolute Gasteiger partial charge is 0.137 e. The van der Waals surface area contributed by atoms with Gasteiger partial charge in [0, 0.05) is 25.2 Å². The predicted octanol–water partition coefficient (Wildman–Crippen LogP) is 1.72. The van der Waals surface area contributed by atoms with Gasteiger partial charge in [0.25, 0.3) is 0 Å². The van der Waals surface area contributed by atoms with Gasteiger partial charge in [0.1, 0.15) is 18.5 Å². The van der Waals surface area contributed by atoms with Crippen LogP contribution in [-0.4, -0.2) is 55.0 Å². The molecule has 2 aromatic heterocycles. The molecule has 1 fully saturated rings. The Balaban J connectivity index is 1.47. The summed E-state index contributed by atoms with van der Waals surface area (Å²) >= 11 is 6.07. The van der Waals surface area contributed by atoms with Crippen LogP contribution >= 0.6 is 11.6 Å². The van der Waals surface area contributed by atoms with Crippen LogP contribution in [0.3, 0.4) is 0 Å². The molecule has 0 N–H and O–H groups in total. The zero-order valence-corrected chi connectivity index (χ0v) is 14.2. The highest BCUT2D eigenvalue weighted by Crippen LogP contribution is 2.21. The minimum absolute atomic E-state index is 0.115. The van der Waals surface area contributed by atoms with E-state index in [1.54, 1.807) is 12.7 Å². The summed E-state index contributed by atoms with van der Waals surface area (Å²) in [5.41, 5.74) is 2.04. The summed E-state index contributed by atoms with van der Waals surface area (Å²) in [4.78, 5) is 11.1. The van der Waals surface area contributed by atoms with E-state index < -0.39 is 0 Å². The molecule has 3 heterocycles. The first kappa shape index (κ1) is 15.6. The maximum Gasteiger partial charge on any atom is 0.137 e. The molecule has 0 aliphatic carbocycles. The lowest BCUT2D eigenvalue weighted by molar-refractivity contribution is -0.0411. The highest BCUT2D eigenvalue weighted by atomic mass is 35.5. The van der Waals surface area contributed by atoms with Crippen molar-refractivity contribution in [2.24, 2.45) is 7.05 Å². The van der Waals surface area contributed by atoms with Gasteiger partial charge in [-0.05, 0) is 18.2 Å². The fraction of sp³-hybridized carbons (Fsp3) is 0.438. The Morgan fingerprint density at radius 1 is 1.38 bits per heavy atom. The quantitative estimate of drug-likeness (QED) is 0.720. The number of fused-ring (bicyclic) bond motifs is 1. The largest absolute Gasteiger partial charge is 0.374 e. The zero-order valence-electron chi connectivity index (χ0n) is 13.5. The molecule has 0 saturated carbocycles. The lowest BCUT2D eigenvalue weighted by atomic mass is 10.2. The molecule has 126 valence electrons. The van der Waals surface area contributed by atoms with Crippen molar-refractivity contribution >= 4 is 22.6 Å². The SMILES string of the molecule is Cn1c(CN2CCOC(Cn3cncn3)C2)nc2cc(Cl)ccc21. The maximum atomic E-state index is 6.07. The molecule has 3 aromatic rings. The van der Waals surface area contributed by atoms with Crippen LogP contribution in [0.15, 0.2) is 30.9 Å². The summed E-state index contributed by atoms with van der Waals surface area (Å²) in [5.74, 6) is 1.04. The molecular formula is C16H19ClN6O. The summed E-state index contributed by atoms with van der Waals surface area (Å²) in [6.07, 6.45) is 3.38. The topological polar surface area (TPSA) is 61.0 Å². The molecule has 24 heavy (non-hydrogen) atoms. The molecule has 7 nitrogen and oxygen atoms in total. The van der Waals surface area contributed by atoms with E-state index in [0.29, 0.717) is 11.6 Å². The van der Waals surface area contributed by atoms with Gasteiger partial charge in [0.2, 0.25) is 0 Å². The third-order valence-electron chi connectivity index (χ3n) is 4.38. The van der Waals surface area contributed by atoms with E-state index in [1.165, 1.54) is 0 Å². The normalized spacial score (nSPS) is 19.2. The van der Waals surface area contributed by atoms with E-state index in [-0.39, 0.29) is 6.10 Å². The van der Waals surface area contributed by atoms with Gasteiger partial charge in [-0.15, -0.1) is 0 Å². The van der Waals surface area contributed by atoms with Crippen LogP contribution in [0.1, 0.15) is 5.82 Å². The Morgan fingerprint density at radius 3 is 3.12 bits per heavy atom. The van der Waals surface area contributed by atoms with Crippen molar-refractivity contribution in [3.05, 3.63) is 41.7 Å². The van der Waals surface area contributed by atoms with Crippen molar-refractivity contribution in [1.82, 2.24) is 29.2 Å². The molecule has 1 unspecified atom stereocenters. The lowest BCUT2D eigenvalue weighted by Gasteiger charge is -2.32. The molecule has 8 heteroatoms. The van der Waals surface area contributed by atoms with Crippen molar-refractivity contribution < 1.29 is 4.74 Å². The number of benzene rings is 1. The second-order valence-corrected chi connectivity index (χ2v) is 6.50. The number of hydrogen-bond acceptors (Lipinski definition) is 5. The number of ether oxygens (including phenoxy) is 1. The summed E-state index contributed by atoms with van der Waals surface area (Å²) in [7, 11) is 2.05. The Kier molecular flexibility index (Phi) is 4.22. The van der Waals surface area contributed by atoms with Crippen LogP contribution in [-0.2, 0) is 24.9 Å². The molecule has 1 aliphatic rings. The molecule has 0 amide bonds. The first-order valence-corrected chi connectivity index (χ1v) is 8.34. The predicted molar refractivity (Wildman–Crippen MR) is 90.8 cm³/mol. The van der Waals surface area contributed by atoms with Gasteiger partial charge < -0.3 is 9.30 Å². The molecule has 0 bridgehead atoms. The van der Waals surface area contributed by atoms with Gasteiger partial charge >= 0.3 is 0 Å². The number of morpholine rings is 1. The second kappa shape index (κ2) is 6.51. The molecule has 1 aromatic carbocycles. The first-order valence-electron chi connectivity index (χ1n) is 7.96. The van der Waals surface area contributed by atoms with Crippen LogP contribution in [0.25, 0.3) is 11.0 Å². The number of hydrogen-bond donors (Lipinski definition) is 0. The van der Waals surface area contributed by atoms with E-state index in [4.69, 9.17) is 21.3 Å². The Hall–Kier alpha value is -1.96. The number of rotatable bonds is 4. The van der Waals surface area contributed by atoms with Gasteiger partial charge in [-0.1, -0.05) is 11.6 Å². The lowest BCUT2D eigenvalue weighted by Crippen LogP contribution is -2.44. The number of aromatic nitrogens is 5. The number of aryl methyl sites for hydroxylation is 1. The first-order chi connectivity index (χ1) is 11.7. The van der Waals surface area contributed by atoms with E-state index >= 15 is 0 Å². The highest BCUT2D eigenvalue weighted by molar-refractivity contribution is 6.31. The monoisotopic (exact) mass is 346 g/mol. The van der Waals surface area contributed by atoms with Crippen LogP contribution < -0.4 is 0 Å². The summed E-state index contributed by atoms with van der Waals surface area (Å²) in [5, 5.41) is 4.86. The van der Waals surface area contributed by atoms with E-state index in [2.05, 4.69) is 19.5 Å². The summed E-state index contributed by atoms with van der Waals surface area (Å²) in [6.45, 7) is 3.98. The second-order valence-electron chi connectivity index (χ2n) is 6.07. The Morgan fingerprint density at radius 2 is 2.29 bits per heavy atom. The van der Waals surface area contributed by atoms with Crippen molar-refractivity contribution in [2.45, 2.75) is 19.2 Å². The van der Waals surface area contributed by atoms with E-state index in [0.717, 1.165) is 43.1 Å². The molecule has 1 atom stereocenters. The Labute approximate surface area is 144 Å². The number of halogens is 1. The van der Waals surface area contributed by atoms with Crippen LogP contribution in [0.5, 0.6) is 0 Å². The fourth-order valence-corrected chi connectivity index (χ4v) is 3.30. The van der Waals surface area contributed by atoms with Gasteiger partial charge in [0.15, 0.2) is 0 Å². The van der Waals surface area contributed by atoms with Crippen LogP contribution in [0.4, 0.5) is 0 Å². The third-order valence-corrected chi connectivity index (χ3v) is 4.62. The van der Waals surface area contributed by atoms with Crippen molar-refractivity contribution in [3.63, 3.8) is 0 Å². The average Bonchev–Trinajstić information content (AvgIpc) is 3.17. The van der Waals surface area contributed by atoms with Crippen molar-refractivity contribution in [2.75, 3.05) is 19.7 Å². The standard InChI is InChI=1S/C16H19ClN6O/c1-21-15-3-2-12(17)6-14(15)20-16(21)9-22-4-5-24-13(7-22)8-23-11-18-10-19-23/h2-3,6,10-11,13H,4-5,7-9H2,1H3. The van der Waals surface area contributed by atoms with Crippen molar-refractivity contribution in [1.29, 1.82) is 0 Å². The Bertz CT molecular complexity index is 831. The van der Waals surface area contributed by atoms with E-state index in [9.17, 15) is 0 Å². The average molecular weight is 347 g/mol. The molecule has 0 radical (unpaired) electrons. The minimum Gasteiger partial charge on any atom is -0.374 e. The summed E-state index contributed by atoms with van der Waals surface area (Å²) < 4.78 is 9.79. The highest BCUT2D eigenvalue weighted by Gasteiger charge is 2.22. The van der Waals surface area contributed by atoms with Gasteiger partial charge in [-0.25, -0.2) is 9.97 Å². The molecule has 4 rings (SSSR count). The minimum atomic E-state index is 0.115. The van der Waals surface area contributed by atoms with E-state index in [1.807, 2.05) is 29.9 Å².